The average molecular weight is 470 g/mol. The molecule has 0 heterocycles. The largest absolute Gasteiger partial charge is 0.496 e. The Balaban J connectivity index is 1.82. The van der Waals surface area contributed by atoms with Crippen molar-refractivity contribution in [3.05, 3.63) is 54.1 Å². The number of para-hydroxylation sites is 1. The molecule has 0 radical (unpaired) electrons. The molecular formula is C28H39NO5. The lowest BCUT2D eigenvalue weighted by Gasteiger charge is -2.16. The molecule has 0 bridgehead atoms. The van der Waals surface area contributed by atoms with Gasteiger partial charge < -0.3 is 19.5 Å². The third-order valence-electron chi connectivity index (χ3n) is 5.81. The van der Waals surface area contributed by atoms with Gasteiger partial charge in [-0.05, 0) is 48.7 Å². The van der Waals surface area contributed by atoms with Crippen LogP contribution in [0.2, 0.25) is 0 Å². The molecule has 34 heavy (non-hydrogen) atoms. The molecule has 1 unspecified atom stereocenters. The predicted molar refractivity (Wildman–Crippen MR) is 135 cm³/mol. The molecule has 2 aromatic rings. The summed E-state index contributed by atoms with van der Waals surface area (Å²) < 4.78 is 16.0. The fraction of sp³-hybridized carbons (Fsp3) is 0.500. The van der Waals surface area contributed by atoms with Gasteiger partial charge in [0.2, 0.25) is 5.91 Å². The molecule has 6 heteroatoms. The van der Waals surface area contributed by atoms with Gasteiger partial charge in [-0.3, -0.25) is 9.59 Å². The van der Waals surface area contributed by atoms with E-state index in [1.165, 1.54) is 52.1 Å². The fourth-order valence-corrected chi connectivity index (χ4v) is 3.81. The molecule has 0 aliphatic heterocycles. The van der Waals surface area contributed by atoms with Crippen LogP contribution < -0.4 is 14.8 Å². The van der Waals surface area contributed by atoms with E-state index in [1.54, 1.807) is 25.3 Å². The Morgan fingerprint density at radius 3 is 2.15 bits per heavy atom. The number of hydrogen-bond acceptors (Lipinski definition) is 5. The molecule has 2 rings (SSSR count). The lowest BCUT2D eigenvalue weighted by molar-refractivity contribution is -0.148. The monoisotopic (exact) mass is 469 g/mol. The number of amides is 1. The second-order valence-corrected chi connectivity index (χ2v) is 8.43. The van der Waals surface area contributed by atoms with Gasteiger partial charge >= 0.3 is 5.97 Å². The van der Waals surface area contributed by atoms with Gasteiger partial charge in [0.25, 0.3) is 0 Å². The van der Waals surface area contributed by atoms with Crippen LogP contribution in [0.25, 0.3) is 0 Å². The first-order chi connectivity index (χ1) is 16.6. The summed E-state index contributed by atoms with van der Waals surface area (Å²) in [6, 6.07) is 14.5. The molecule has 0 fully saturated rings. The van der Waals surface area contributed by atoms with Gasteiger partial charge in [-0.1, -0.05) is 70.1 Å². The zero-order valence-electron chi connectivity index (χ0n) is 20.8. The second kappa shape index (κ2) is 15.8. The highest BCUT2D eigenvalue weighted by atomic mass is 16.5. The smallest absolute Gasteiger partial charge is 0.318 e. The highest BCUT2D eigenvalue weighted by molar-refractivity contribution is 6.05. The van der Waals surface area contributed by atoms with Crippen molar-refractivity contribution in [1.82, 2.24) is 0 Å². The van der Waals surface area contributed by atoms with Crippen molar-refractivity contribution in [2.45, 2.75) is 64.7 Å². The van der Waals surface area contributed by atoms with Crippen LogP contribution in [0, 0.1) is 5.92 Å². The Morgan fingerprint density at radius 2 is 1.50 bits per heavy atom. The first-order valence-corrected chi connectivity index (χ1v) is 12.3. The van der Waals surface area contributed by atoms with Crippen molar-refractivity contribution < 1.29 is 23.8 Å². The topological polar surface area (TPSA) is 73.9 Å². The number of benzene rings is 2. The minimum absolute atomic E-state index is 0.183. The van der Waals surface area contributed by atoms with Crippen LogP contribution in [-0.2, 0) is 20.7 Å². The van der Waals surface area contributed by atoms with E-state index in [9.17, 15) is 9.59 Å². The number of anilines is 1. The highest BCUT2D eigenvalue weighted by Gasteiger charge is 2.29. The first-order valence-electron chi connectivity index (χ1n) is 12.3. The first kappa shape index (κ1) is 27.2. The van der Waals surface area contributed by atoms with E-state index in [-0.39, 0.29) is 6.42 Å². The van der Waals surface area contributed by atoms with Gasteiger partial charge in [0.15, 0.2) is 0 Å². The number of nitrogens with one attached hydrogen (secondary N) is 1. The zero-order chi connectivity index (χ0) is 24.6. The molecule has 0 saturated heterocycles. The predicted octanol–water partition coefficient (Wildman–Crippen LogP) is 6.19. The maximum atomic E-state index is 12.9. The standard InChI is InChI=1S/C28H39NO5/c1-4-5-6-7-8-9-10-13-20-34-24-18-16-23(17-19-24)29-27(30)25(28(31)33-3)21-22-14-11-12-15-26(22)32-2/h11-12,14-19,25H,4-10,13,20-21H2,1-3H3,(H,29,30). The van der Waals surface area contributed by atoms with Gasteiger partial charge in [-0.2, -0.15) is 0 Å². The number of esters is 1. The van der Waals surface area contributed by atoms with Crippen LogP contribution in [0.3, 0.4) is 0 Å². The Kier molecular flexibility index (Phi) is 12.6. The van der Waals surface area contributed by atoms with Crippen LogP contribution in [0.4, 0.5) is 5.69 Å². The van der Waals surface area contributed by atoms with E-state index >= 15 is 0 Å². The van der Waals surface area contributed by atoms with E-state index in [0.717, 1.165) is 17.7 Å². The molecule has 0 saturated carbocycles. The third kappa shape index (κ3) is 9.46. The van der Waals surface area contributed by atoms with E-state index in [2.05, 4.69) is 12.2 Å². The minimum atomic E-state index is -0.987. The molecule has 6 nitrogen and oxygen atoms in total. The van der Waals surface area contributed by atoms with Crippen LogP contribution >= 0.6 is 0 Å². The Morgan fingerprint density at radius 1 is 0.853 bits per heavy atom. The molecule has 0 aliphatic rings. The SMILES string of the molecule is CCCCCCCCCCOc1ccc(NC(=O)C(Cc2ccccc2OC)C(=O)OC)cc1. The number of carbonyl (C=O) groups excluding carboxylic acids is 2. The maximum Gasteiger partial charge on any atom is 0.318 e. The quantitative estimate of drug-likeness (QED) is 0.180. The number of carbonyl (C=O) groups is 2. The van der Waals surface area contributed by atoms with Crippen molar-refractivity contribution in [2.75, 3.05) is 26.1 Å². The summed E-state index contributed by atoms with van der Waals surface area (Å²) in [6.07, 6.45) is 10.3. The highest BCUT2D eigenvalue weighted by Crippen LogP contribution is 2.23. The summed E-state index contributed by atoms with van der Waals surface area (Å²) in [6.45, 7) is 2.92. The molecule has 0 aliphatic carbocycles. The summed E-state index contributed by atoms with van der Waals surface area (Å²) in [5.41, 5.74) is 1.36. The second-order valence-electron chi connectivity index (χ2n) is 8.43. The molecular weight excluding hydrogens is 430 g/mol. The number of rotatable bonds is 16. The fourth-order valence-electron chi connectivity index (χ4n) is 3.81. The van der Waals surface area contributed by atoms with Gasteiger partial charge in [-0.15, -0.1) is 0 Å². The number of methoxy groups -OCH3 is 2. The average Bonchev–Trinajstić information content (AvgIpc) is 2.87. The summed E-state index contributed by atoms with van der Waals surface area (Å²) in [5.74, 6) is -0.611. The Hall–Kier alpha value is -3.02. The lowest BCUT2D eigenvalue weighted by Crippen LogP contribution is -2.32. The van der Waals surface area contributed by atoms with Crippen LogP contribution in [0.5, 0.6) is 11.5 Å². The Labute approximate surface area is 204 Å². The van der Waals surface area contributed by atoms with Crippen LogP contribution in [0.15, 0.2) is 48.5 Å². The number of unbranched alkanes of at least 4 members (excludes halogenated alkanes) is 7. The van der Waals surface area contributed by atoms with Crippen molar-refractivity contribution in [3.63, 3.8) is 0 Å². The molecule has 186 valence electrons. The Bertz CT molecular complexity index is 865. The van der Waals surface area contributed by atoms with Crippen LogP contribution in [0.1, 0.15) is 63.9 Å². The van der Waals surface area contributed by atoms with Crippen molar-refractivity contribution in [2.24, 2.45) is 5.92 Å². The van der Waals surface area contributed by atoms with Gasteiger partial charge in [0.05, 0.1) is 20.8 Å². The van der Waals surface area contributed by atoms with E-state index in [1.807, 2.05) is 30.3 Å². The van der Waals surface area contributed by atoms with Gasteiger partial charge in [0.1, 0.15) is 17.4 Å². The maximum absolute atomic E-state index is 12.9. The molecule has 2 aromatic carbocycles. The number of hydrogen-bond donors (Lipinski definition) is 1. The van der Waals surface area contributed by atoms with Gasteiger partial charge in [0, 0.05) is 5.69 Å². The molecule has 0 aromatic heterocycles. The van der Waals surface area contributed by atoms with Crippen molar-refractivity contribution >= 4 is 17.6 Å². The zero-order valence-corrected chi connectivity index (χ0v) is 20.8. The van der Waals surface area contributed by atoms with Crippen LogP contribution in [-0.4, -0.2) is 32.7 Å². The lowest BCUT2D eigenvalue weighted by atomic mass is 9.97. The summed E-state index contributed by atoms with van der Waals surface area (Å²) in [5, 5.41) is 2.81. The molecule has 1 amide bonds. The van der Waals surface area contributed by atoms with Crippen molar-refractivity contribution in [3.8, 4) is 11.5 Å². The van der Waals surface area contributed by atoms with E-state index < -0.39 is 17.8 Å². The number of ether oxygens (including phenoxy) is 3. The van der Waals surface area contributed by atoms with E-state index in [0.29, 0.717) is 18.0 Å². The molecule has 0 spiro atoms. The summed E-state index contributed by atoms with van der Waals surface area (Å²) in [4.78, 5) is 25.2. The molecule has 1 atom stereocenters. The third-order valence-corrected chi connectivity index (χ3v) is 5.81. The summed E-state index contributed by atoms with van der Waals surface area (Å²) >= 11 is 0. The van der Waals surface area contributed by atoms with E-state index in [4.69, 9.17) is 14.2 Å². The minimum Gasteiger partial charge on any atom is -0.496 e. The van der Waals surface area contributed by atoms with Crippen molar-refractivity contribution in [1.29, 1.82) is 0 Å². The normalized spacial score (nSPS) is 11.5. The summed E-state index contributed by atoms with van der Waals surface area (Å²) in [7, 11) is 2.84. The molecule has 1 N–H and O–H groups in total. The van der Waals surface area contributed by atoms with Gasteiger partial charge in [-0.25, -0.2) is 0 Å².